The molecule has 1 rings (SSSR count). The van der Waals surface area contributed by atoms with Crippen LogP contribution in [-0.4, -0.2) is 12.4 Å². The van der Waals surface area contributed by atoms with Crippen LogP contribution in [0.5, 0.6) is 5.75 Å². The molecule has 0 unspecified atom stereocenters. The first kappa shape index (κ1) is 13.0. The highest BCUT2D eigenvalue weighted by Crippen LogP contribution is 2.29. The minimum absolute atomic E-state index is 0.0206. The standard InChI is InChI=1S/C13H17ClO2/c1-5-16-12-6-9(4)10(7-11(12)14)13(15)8(2)3/h6-8H,5H2,1-4H3. The van der Waals surface area contributed by atoms with Crippen LogP contribution in [0.3, 0.4) is 0 Å². The van der Waals surface area contributed by atoms with Gasteiger partial charge >= 0.3 is 0 Å². The molecule has 0 aliphatic heterocycles. The van der Waals surface area contributed by atoms with Gasteiger partial charge in [0.1, 0.15) is 5.75 Å². The second-order valence-corrected chi connectivity index (χ2v) is 4.46. The molecule has 0 bridgehead atoms. The van der Waals surface area contributed by atoms with Crippen LogP contribution < -0.4 is 4.74 Å². The Labute approximate surface area is 102 Å². The van der Waals surface area contributed by atoms with E-state index in [4.69, 9.17) is 16.3 Å². The monoisotopic (exact) mass is 240 g/mol. The van der Waals surface area contributed by atoms with Crippen LogP contribution in [0.25, 0.3) is 0 Å². The van der Waals surface area contributed by atoms with Crippen molar-refractivity contribution < 1.29 is 9.53 Å². The highest BCUT2D eigenvalue weighted by atomic mass is 35.5. The van der Waals surface area contributed by atoms with Gasteiger partial charge in [0.15, 0.2) is 5.78 Å². The second-order valence-electron chi connectivity index (χ2n) is 4.05. The zero-order valence-corrected chi connectivity index (χ0v) is 10.9. The summed E-state index contributed by atoms with van der Waals surface area (Å²) in [6.07, 6.45) is 0. The Morgan fingerprint density at radius 2 is 2.06 bits per heavy atom. The first-order valence-electron chi connectivity index (χ1n) is 5.44. The summed E-state index contributed by atoms with van der Waals surface area (Å²) in [5.41, 5.74) is 1.59. The van der Waals surface area contributed by atoms with E-state index in [1.165, 1.54) is 0 Å². The number of rotatable bonds is 4. The number of aryl methyl sites for hydroxylation is 1. The van der Waals surface area contributed by atoms with Gasteiger partial charge in [-0.3, -0.25) is 4.79 Å². The van der Waals surface area contributed by atoms with Gasteiger partial charge in [0.25, 0.3) is 0 Å². The number of ether oxygens (including phenoxy) is 1. The summed E-state index contributed by atoms with van der Waals surface area (Å²) in [5.74, 6) is 0.733. The minimum Gasteiger partial charge on any atom is -0.492 e. The lowest BCUT2D eigenvalue weighted by Gasteiger charge is -2.12. The van der Waals surface area contributed by atoms with E-state index in [2.05, 4.69) is 0 Å². The number of hydrogen-bond donors (Lipinski definition) is 0. The number of Topliss-reactive ketones (excluding diaryl/α,β-unsaturated/α-hetero) is 1. The summed E-state index contributed by atoms with van der Waals surface area (Å²) in [5, 5.41) is 0.497. The van der Waals surface area contributed by atoms with Gasteiger partial charge in [0.05, 0.1) is 11.6 Å². The molecule has 0 radical (unpaired) electrons. The third-order valence-electron chi connectivity index (χ3n) is 2.37. The first-order chi connectivity index (χ1) is 7.47. The van der Waals surface area contributed by atoms with Crippen molar-refractivity contribution in [2.45, 2.75) is 27.7 Å². The fourth-order valence-electron chi connectivity index (χ4n) is 1.50. The molecule has 0 saturated heterocycles. The zero-order valence-electron chi connectivity index (χ0n) is 10.1. The molecule has 16 heavy (non-hydrogen) atoms. The van der Waals surface area contributed by atoms with Gasteiger partial charge in [-0.1, -0.05) is 25.4 Å². The predicted molar refractivity (Wildman–Crippen MR) is 66.5 cm³/mol. The summed E-state index contributed by atoms with van der Waals surface area (Å²) in [4.78, 5) is 11.9. The first-order valence-corrected chi connectivity index (χ1v) is 5.82. The third-order valence-corrected chi connectivity index (χ3v) is 2.66. The van der Waals surface area contributed by atoms with Crippen molar-refractivity contribution in [1.82, 2.24) is 0 Å². The Bertz CT molecular complexity index is 397. The van der Waals surface area contributed by atoms with Gasteiger partial charge in [0.2, 0.25) is 0 Å². The normalized spacial score (nSPS) is 10.6. The molecule has 0 aromatic heterocycles. The molecule has 1 aromatic carbocycles. The minimum atomic E-state index is -0.0206. The van der Waals surface area contributed by atoms with Crippen LogP contribution in [0.2, 0.25) is 5.02 Å². The van der Waals surface area contributed by atoms with Crippen LogP contribution in [0, 0.1) is 12.8 Å². The van der Waals surface area contributed by atoms with Crippen molar-refractivity contribution in [3.05, 3.63) is 28.3 Å². The number of carbonyl (C=O) groups is 1. The molecule has 0 atom stereocenters. The number of carbonyl (C=O) groups excluding carboxylic acids is 1. The fourth-order valence-corrected chi connectivity index (χ4v) is 1.72. The van der Waals surface area contributed by atoms with Crippen molar-refractivity contribution >= 4 is 17.4 Å². The van der Waals surface area contributed by atoms with E-state index in [1.807, 2.05) is 33.8 Å². The molecule has 0 amide bonds. The molecule has 0 heterocycles. The maximum absolute atomic E-state index is 11.9. The SMILES string of the molecule is CCOc1cc(C)c(C(=O)C(C)C)cc1Cl. The van der Waals surface area contributed by atoms with Crippen molar-refractivity contribution in [1.29, 1.82) is 0 Å². The van der Waals surface area contributed by atoms with E-state index in [0.717, 1.165) is 5.56 Å². The largest absolute Gasteiger partial charge is 0.492 e. The Hall–Kier alpha value is -1.02. The molecular weight excluding hydrogens is 224 g/mol. The average molecular weight is 241 g/mol. The Morgan fingerprint density at radius 1 is 1.44 bits per heavy atom. The van der Waals surface area contributed by atoms with E-state index < -0.39 is 0 Å². The second kappa shape index (κ2) is 5.35. The maximum Gasteiger partial charge on any atom is 0.165 e. The van der Waals surface area contributed by atoms with E-state index >= 15 is 0 Å². The van der Waals surface area contributed by atoms with Gasteiger partial charge < -0.3 is 4.74 Å². The van der Waals surface area contributed by atoms with Gasteiger partial charge in [-0.05, 0) is 31.5 Å². The fraction of sp³-hybridized carbons (Fsp3) is 0.462. The smallest absolute Gasteiger partial charge is 0.165 e. The average Bonchev–Trinajstić information content (AvgIpc) is 2.22. The van der Waals surface area contributed by atoms with Crippen molar-refractivity contribution in [2.75, 3.05) is 6.61 Å². The number of hydrogen-bond acceptors (Lipinski definition) is 2. The van der Waals surface area contributed by atoms with E-state index in [9.17, 15) is 4.79 Å². The summed E-state index contributed by atoms with van der Waals surface area (Å²) in [6.45, 7) is 8.13. The summed E-state index contributed by atoms with van der Waals surface area (Å²) >= 11 is 6.05. The lowest BCUT2D eigenvalue weighted by molar-refractivity contribution is 0.0939. The topological polar surface area (TPSA) is 26.3 Å². The molecule has 3 heteroatoms. The number of halogens is 1. The molecule has 0 aliphatic carbocycles. The lowest BCUT2D eigenvalue weighted by Crippen LogP contribution is -2.09. The summed E-state index contributed by atoms with van der Waals surface area (Å²) in [6, 6.07) is 3.52. The Kier molecular flexibility index (Phi) is 4.36. The Balaban J connectivity index is 3.15. The highest BCUT2D eigenvalue weighted by Gasteiger charge is 2.15. The predicted octanol–water partition coefficient (Wildman–Crippen LogP) is 3.89. The quantitative estimate of drug-likeness (QED) is 0.747. The molecular formula is C13H17ClO2. The van der Waals surface area contributed by atoms with Crippen molar-refractivity contribution in [3.63, 3.8) is 0 Å². The van der Waals surface area contributed by atoms with E-state index in [0.29, 0.717) is 22.9 Å². The van der Waals surface area contributed by atoms with Crippen LogP contribution in [0.1, 0.15) is 36.7 Å². The highest BCUT2D eigenvalue weighted by molar-refractivity contribution is 6.32. The van der Waals surface area contributed by atoms with Gasteiger partial charge in [0, 0.05) is 11.5 Å². The van der Waals surface area contributed by atoms with Crippen LogP contribution in [0.15, 0.2) is 12.1 Å². The molecule has 88 valence electrons. The van der Waals surface area contributed by atoms with Crippen molar-refractivity contribution in [2.24, 2.45) is 5.92 Å². The molecule has 1 aromatic rings. The maximum atomic E-state index is 11.9. The van der Waals surface area contributed by atoms with Crippen LogP contribution >= 0.6 is 11.6 Å². The van der Waals surface area contributed by atoms with Gasteiger partial charge in [-0.25, -0.2) is 0 Å². The molecule has 0 spiro atoms. The number of ketones is 1. The van der Waals surface area contributed by atoms with Crippen molar-refractivity contribution in [3.8, 4) is 5.75 Å². The molecule has 0 saturated carbocycles. The molecule has 0 fully saturated rings. The van der Waals surface area contributed by atoms with E-state index in [1.54, 1.807) is 6.07 Å². The molecule has 0 aliphatic rings. The zero-order chi connectivity index (χ0) is 12.3. The molecule has 2 nitrogen and oxygen atoms in total. The van der Waals surface area contributed by atoms with Gasteiger partial charge in [-0.15, -0.1) is 0 Å². The molecule has 0 N–H and O–H groups in total. The summed E-state index contributed by atoms with van der Waals surface area (Å²) in [7, 11) is 0. The van der Waals surface area contributed by atoms with Crippen LogP contribution in [0.4, 0.5) is 0 Å². The lowest BCUT2D eigenvalue weighted by atomic mass is 9.97. The van der Waals surface area contributed by atoms with Gasteiger partial charge in [-0.2, -0.15) is 0 Å². The third kappa shape index (κ3) is 2.76. The Morgan fingerprint density at radius 3 is 2.56 bits per heavy atom. The summed E-state index contributed by atoms with van der Waals surface area (Å²) < 4.78 is 5.37. The van der Waals surface area contributed by atoms with E-state index in [-0.39, 0.29) is 11.7 Å². The number of benzene rings is 1. The van der Waals surface area contributed by atoms with Crippen LogP contribution in [-0.2, 0) is 0 Å².